The fourth-order valence-corrected chi connectivity index (χ4v) is 4.14. The number of hydrogen-bond acceptors (Lipinski definition) is 5. The average Bonchev–Trinajstić information content (AvgIpc) is 3.30. The standard InChI is InChI=1S/C18H24FN5O2/c1-9-15-13(17(25)24(21)18(26)23(15)12-3-4-12)7-14(19)16(9)22-6-5-11(8-22)10(2)20/h7,10-12H,3-6,8,20-21H2,1-2H3/t10?,11-/m1/s1. The molecule has 1 aromatic carbocycles. The van der Waals surface area contributed by atoms with Crippen molar-refractivity contribution in [2.75, 3.05) is 23.8 Å². The molecule has 1 unspecified atom stereocenters. The molecule has 0 bridgehead atoms. The van der Waals surface area contributed by atoms with Crippen LogP contribution in [0, 0.1) is 18.7 Å². The smallest absolute Gasteiger partial charge is 0.350 e. The van der Waals surface area contributed by atoms with Gasteiger partial charge in [0.15, 0.2) is 0 Å². The van der Waals surface area contributed by atoms with Crippen LogP contribution in [-0.2, 0) is 0 Å². The second kappa shape index (κ2) is 5.84. The minimum absolute atomic E-state index is 0.0211. The molecule has 2 atom stereocenters. The molecule has 1 aliphatic heterocycles. The SMILES string of the molecule is Cc1c(N2CC[C@@H](C(C)N)C2)c(F)cc2c(=O)n(N)c(=O)n(C3CC3)c12. The lowest BCUT2D eigenvalue weighted by molar-refractivity contribution is 0.487. The fraction of sp³-hybridized carbons (Fsp3) is 0.556. The number of aromatic nitrogens is 2. The van der Waals surface area contributed by atoms with Crippen LogP contribution < -0.4 is 27.7 Å². The van der Waals surface area contributed by atoms with Crippen LogP contribution >= 0.6 is 0 Å². The van der Waals surface area contributed by atoms with Gasteiger partial charge in [-0.2, -0.15) is 4.68 Å². The van der Waals surface area contributed by atoms with Crippen LogP contribution in [0.5, 0.6) is 0 Å². The largest absolute Gasteiger partial charge is 0.369 e. The number of aryl methyl sites for hydroxylation is 1. The van der Waals surface area contributed by atoms with Gasteiger partial charge in [0, 0.05) is 30.7 Å². The first kappa shape index (κ1) is 17.1. The Morgan fingerprint density at radius 3 is 2.54 bits per heavy atom. The van der Waals surface area contributed by atoms with Crippen LogP contribution in [0.1, 0.15) is 37.8 Å². The molecule has 4 rings (SSSR count). The Bertz CT molecular complexity index is 1010. The maximum atomic E-state index is 15.0. The van der Waals surface area contributed by atoms with E-state index in [1.165, 1.54) is 6.07 Å². The van der Waals surface area contributed by atoms with Crippen molar-refractivity contribution in [1.29, 1.82) is 0 Å². The van der Waals surface area contributed by atoms with Gasteiger partial charge in [0.1, 0.15) is 5.82 Å². The molecule has 2 aromatic rings. The van der Waals surface area contributed by atoms with Crippen molar-refractivity contribution in [3.63, 3.8) is 0 Å². The Kier molecular flexibility index (Phi) is 3.83. The quantitative estimate of drug-likeness (QED) is 0.789. The first-order valence-corrected chi connectivity index (χ1v) is 9.07. The molecule has 8 heteroatoms. The van der Waals surface area contributed by atoms with Gasteiger partial charge in [-0.1, -0.05) is 0 Å². The Labute approximate surface area is 150 Å². The van der Waals surface area contributed by atoms with E-state index in [4.69, 9.17) is 11.6 Å². The monoisotopic (exact) mass is 361 g/mol. The molecular weight excluding hydrogens is 337 g/mol. The van der Waals surface area contributed by atoms with Crippen LogP contribution in [0.4, 0.5) is 10.1 Å². The number of anilines is 1. The molecule has 0 amide bonds. The number of benzene rings is 1. The molecule has 2 heterocycles. The first-order valence-electron chi connectivity index (χ1n) is 9.07. The van der Waals surface area contributed by atoms with E-state index in [0.29, 0.717) is 40.5 Å². The summed E-state index contributed by atoms with van der Waals surface area (Å²) >= 11 is 0. The predicted molar refractivity (Wildman–Crippen MR) is 99.6 cm³/mol. The van der Waals surface area contributed by atoms with Gasteiger partial charge in [-0.3, -0.25) is 9.36 Å². The zero-order valence-corrected chi connectivity index (χ0v) is 15.0. The summed E-state index contributed by atoms with van der Waals surface area (Å²) in [4.78, 5) is 27.0. The summed E-state index contributed by atoms with van der Waals surface area (Å²) < 4.78 is 17.1. The van der Waals surface area contributed by atoms with Crippen LogP contribution in [0.3, 0.4) is 0 Å². The fourth-order valence-electron chi connectivity index (χ4n) is 4.14. The highest BCUT2D eigenvalue weighted by Crippen LogP contribution is 2.39. The van der Waals surface area contributed by atoms with Crippen molar-refractivity contribution < 1.29 is 4.39 Å². The molecule has 1 aliphatic carbocycles. The lowest BCUT2D eigenvalue weighted by Gasteiger charge is -2.24. The predicted octanol–water partition coefficient (Wildman–Crippen LogP) is 0.833. The number of nitrogen functional groups attached to an aromatic ring is 1. The summed E-state index contributed by atoms with van der Waals surface area (Å²) in [6.07, 6.45) is 2.61. The van der Waals surface area contributed by atoms with Gasteiger partial charge in [0.05, 0.1) is 16.6 Å². The van der Waals surface area contributed by atoms with E-state index in [-0.39, 0.29) is 17.5 Å². The van der Waals surface area contributed by atoms with Crippen LogP contribution in [0.25, 0.3) is 10.9 Å². The first-order chi connectivity index (χ1) is 12.3. The average molecular weight is 361 g/mol. The van der Waals surface area contributed by atoms with Crippen molar-refractivity contribution >= 4 is 16.6 Å². The highest BCUT2D eigenvalue weighted by atomic mass is 19.1. The molecular formula is C18H24FN5O2. The van der Waals surface area contributed by atoms with Gasteiger partial charge >= 0.3 is 5.69 Å². The Balaban J connectivity index is 1.97. The number of fused-ring (bicyclic) bond motifs is 1. The van der Waals surface area contributed by atoms with Gasteiger partial charge < -0.3 is 16.5 Å². The topological polar surface area (TPSA) is 99.3 Å². The molecule has 1 saturated carbocycles. The Morgan fingerprint density at radius 2 is 1.96 bits per heavy atom. The van der Waals surface area contributed by atoms with E-state index in [0.717, 1.165) is 19.3 Å². The number of rotatable bonds is 3. The van der Waals surface area contributed by atoms with Crippen LogP contribution in [0.2, 0.25) is 0 Å². The van der Waals surface area contributed by atoms with E-state index in [1.54, 1.807) is 11.5 Å². The number of nitrogens with two attached hydrogens (primary N) is 2. The zero-order valence-electron chi connectivity index (χ0n) is 15.0. The van der Waals surface area contributed by atoms with Crippen molar-refractivity contribution in [2.24, 2.45) is 11.7 Å². The summed E-state index contributed by atoms with van der Waals surface area (Å²) in [5, 5.41) is 0.153. The van der Waals surface area contributed by atoms with Crippen molar-refractivity contribution in [3.05, 3.63) is 38.3 Å². The van der Waals surface area contributed by atoms with Gasteiger partial charge in [-0.25, -0.2) is 9.18 Å². The lowest BCUT2D eigenvalue weighted by atomic mass is 10.0. The zero-order chi connectivity index (χ0) is 18.7. The van der Waals surface area contributed by atoms with Gasteiger partial charge in [0.2, 0.25) is 0 Å². The maximum absolute atomic E-state index is 15.0. The number of nitrogens with zero attached hydrogens (tertiary/aromatic N) is 3. The normalized spacial score (nSPS) is 21.5. The van der Waals surface area contributed by atoms with Crippen molar-refractivity contribution in [3.8, 4) is 0 Å². The summed E-state index contributed by atoms with van der Waals surface area (Å²) in [5.74, 6) is 5.49. The molecule has 1 saturated heterocycles. The molecule has 2 aliphatic rings. The molecule has 7 nitrogen and oxygen atoms in total. The molecule has 1 aromatic heterocycles. The maximum Gasteiger partial charge on any atom is 0.350 e. The molecule has 0 spiro atoms. The number of halogens is 1. The third kappa shape index (κ3) is 2.43. The van der Waals surface area contributed by atoms with E-state index < -0.39 is 17.1 Å². The van der Waals surface area contributed by atoms with Gasteiger partial charge in [-0.05, 0) is 45.1 Å². The molecule has 2 fully saturated rings. The summed E-state index contributed by atoms with van der Waals surface area (Å²) in [5.41, 5.74) is 6.39. The minimum Gasteiger partial charge on any atom is -0.369 e. The minimum atomic E-state index is -0.662. The third-order valence-corrected chi connectivity index (χ3v) is 5.76. The molecule has 140 valence electrons. The molecule has 26 heavy (non-hydrogen) atoms. The van der Waals surface area contributed by atoms with Crippen molar-refractivity contribution in [1.82, 2.24) is 9.24 Å². The Morgan fingerprint density at radius 1 is 1.27 bits per heavy atom. The van der Waals surface area contributed by atoms with E-state index in [1.807, 2.05) is 11.8 Å². The number of hydrogen-bond donors (Lipinski definition) is 2. The Hall–Kier alpha value is -2.35. The van der Waals surface area contributed by atoms with Gasteiger partial charge in [-0.15, -0.1) is 0 Å². The lowest BCUT2D eigenvalue weighted by Crippen LogP contribution is -2.44. The highest BCUT2D eigenvalue weighted by Gasteiger charge is 2.32. The summed E-state index contributed by atoms with van der Waals surface area (Å²) in [6.45, 7) is 5.12. The van der Waals surface area contributed by atoms with E-state index in [2.05, 4.69) is 0 Å². The molecule has 0 radical (unpaired) electrons. The summed E-state index contributed by atoms with van der Waals surface area (Å²) in [6, 6.07) is 1.28. The second-order valence-corrected chi connectivity index (χ2v) is 7.64. The van der Waals surface area contributed by atoms with Crippen molar-refractivity contribution in [2.45, 2.75) is 45.2 Å². The highest BCUT2D eigenvalue weighted by molar-refractivity contribution is 5.87. The van der Waals surface area contributed by atoms with Crippen LogP contribution in [0.15, 0.2) is 15.7 Å². The second-order valence-electron chi connectivity index (χ2n) is 7.64. The van der Waals surface area contributed by atoms with Crippen LogP contribution in [-0.4, -0.2) is 28.4 Å². The molecule has 4 N–H and O–H groups in total. The van der Waals surface area contributed by atoms with E-state index >= 15 is 0 Å². The van der Waals surface area contributed by atoms with Gasteiger partial charge in [0.25, 0.3) is 5.56 Å². The van der Waals surface area contributed by atoms with E-state index in [9.17, 15) is 14.0 Å². The third-order valence-electron chi connectivity index (χ3n) is 5.76. The summed E-state index contributed by atoms with van der Waals surface area (Å²) in [7, 11) is 0.